The molecule has 0 fully saturated rings. The number of carbonyl (C=O) groups is 1. The zero-order valence-corrected chi connectivity index (χ0v) is 15.6. The van der Waals surface area contributed by atoms with E-state index in [1.807, 2.05) is 24.3 Å². The van der Waals surface area contributed by atoms with E-state index in [0.29, 0.717) is 32.0 Å². The Morgan fingerprint density at radius 1 is 0.962 bits per heavy atom. The van der Waals surface area contributed by atoms with E-state index in [1.165, 1.54) is 11.3 Å². The van der Waals surface area contributed by atoms with Crippen molar-refractivity contribution >= 4 is 56.3 Å². The highest BCUT2D eigenvalue weighted by molar-refractivity contribution is 7.21. The van der Waals surface area contributed by atoms with Crippen LogP contribution in [0.5, 0.6) is 0 Å². The van der Waals surface area contributed by atoms with Gasteiger partial charge < -0.3 is 5.32 Å². The fraction of sp³-hybridized carbons (Fsp3) is 0. The van der Waals surface area contributed by atoms with Crippen LogP contribution in [-0.4, -0.2) is 15.9 Å². The number of benzene rings is 2. The molecular weight excluding hydrogens is 389 g/mol. The Hall–Kier alpha value is -2.47. The van der Waals surface area contributed by atoms with Crippen LogP contribution in [-0.2, 0) is 0 Å². The molecule has 7 heteroatoms. The molecule has 2 aromatic carbocycles. The van der Waals surface area contributed by atoms with Gasteiger partial charge in [0, 0.05) is 6.20 Å². The lowest BCUT2D eigenvalue weighted by Gasteiger charge is -2.10. The van der Waals surface area contributed by atoms with Crippen molar-refractivity contribution in [3.05, 3.63) is 76.4 Å². The van der Waals surface area contributed by atoms with Crippen molar-refractivity contribution in [3.8, 4) is 10.7 Å². The van der Waals surface area contributed by atoms with Crippen LogP contribution in [0, 0.1) is 0 Å². The second kappa shape index (κ2) is 7.03. The Balaban J connectivity index is 1.75. The molecule has 0 bridgehead atoms. The van der Waals surface area contributed by atoms with Gasteiger partial charge in [0.2, 0.25) is 0 Å². The third kappa shape index (κ3) is 3.17. The Kier molecular flexibility index (Phi) is 4.59. The number of thiazole rings is 1. The molecule has 4 nitrogen and oxygen atoms in total. The highest BCUT2D eigenvalue weighted by Crippen LogP contribution is 2.33. The SMILES string of the molecule is O=C(Nc1c(Cl)cccc1Cl)c1cccnc1-c1nc2ccccc2s1. The second-order valence-electron chi connectivity index (χ2n) is 5.44. The Morgan fingerprint density at radius 2 is 1.73 bits per heavy atom. The molecule has 0 aliphatic heterocycles. The van der Waals surface area contributed by atoms with Gasteiger partial charge in [-0.25, -0.2) is 4.98 Å². The number of hydrogen-bond donors (Lipinski definition) is 1. The summed E-state index contributed by atoms with van der Waals surface area (Å²) in [5.74, 6) is -0.345. The molecule has 1 N–H and O–H groups in total. The number of pyridine rings is 1. The van der Waals surface area contributed by atoms with Crippen molar-refractivity contribution < 1.29 is 4.79 Å². The van der Waals surface area contributed by atoms with Gasteiger partial charge >= 0.3 is 0 Å². The summed E-state index contributed by atoms with van der Waals surface area (Å²) in [6, 6.07) is 16.3. The van der Waals surface area contributed by atoms with Gasteiger partial charge in [-0.2, -0.15) is 0 Å². The molecule has 0 spiro atoms. The molecule has 0 saturated carbocycles. The largest absolute Gasteiger partial charge is 0.319 e. The van der Waals surface area contributed by atoms with Crippen molar-refractivity contribution in [2.45, 2.75) is 0 Å². The van der Waals surface area contributed by atoms with Crippen molar-refractivity contribution in [2.75, 3.05) is 5.32 Å². The van der Waals surface area contributed by atoms with Crippen LogP contribution in [0.4, 0.5) is 5.69 Å². The minimum atomic E-state index is -0.345. The average molecular weight is 400 g/mol. The average Bonchev–Trinajstić information content (AvgIpc) is 3.09. The van der Waals surface area contributed by atoms with E-state index >= 15 is 0 Å². The van der Waals surface area contributed by atoms with E-state index < -0.39 is 0 Å². The van der Waals surface area contributed by atoms with Gasteiger partial charge in [0.25, 0.3) is 5.91 Å². The second-order valence-corrected chi connectivity index (χ2v) is 7.28. The molecule has 2 aromatic heterocycles. The number of halogens is 2. The van der Waals surface area contributed by atoms with Gasteiger partial charge in [-0.1, -0.05) is 41.4 Å². The minimum absolute atomic E-state index is 0.345. The van der Waals surface area contributed by atoms with Crippen LogP contribution >= 0.6 is 34.5 Å². The van der Waals surface area contributed by atoms with E-state index in [0.717, 1.165) is 10.2 Å². The number of hydrogen-bond acceptors (Lipinski definition) is 4. The summed E-state index contributed by atoms with van der Waals surface area (Å²) in [6.45, 7) is 0. The molecule has 0 aliphatic rings. The normalized spacial score (nSPS) is 10.8. The summed E-state index contributed by atoms with van der Waals surface area (Å²) in [5, 5.41) is 4.20. The predicted molar refractivity (Wildman–Crippen MR) is 107 cm³/mol. The lowest BCUT2D eigenvalue weighted by molar-refractivity contribution is 0.102. The molecule has 4 aromatic rings. The first-order valence-corrected chi connectivity index (χ1v) is 9.27. The zero-order valence-electron chi connectivity index (χ0n) is 13.2. The first kappa shape index (κ1) is 17.0. The molecule has 26 heavy (non-hydrogen) atoms. The molecular formula is C19H11Cl2N3OS. The smallest absolute Gasteiger partial charge is 0.258 e. The maximum Gasteiger partial charge on any atom is 0.258 e. The summed E-state index contributed by atoms with van der Waals surface area (Å²) in [7, 11) is 0. The first-order chi connectivity index (χ1) is 12.6. The van der Waals surface area contributed by atoms with Crippen molar-refractivity contribution in [1.82, 2.24) is 9.97 Å². The molecule has 0 saturated heterocycles. The lowest BCUT2D eigenvalue weighted by Crippen LogP contribution is -2.14. The summed E-state index contributed by atoms with van der Waals surface area (Å²) in [6.07, 6.45) is 1.64. The summed E-state index contributed by atoms with van der Waals surface area (Å²) in [5.41, 5.74) is 2.18. The third-order valence-corrected chi connectivity index (χ3v) is 5.42. The molecule has 0 aliphatic carbocycles. The van der Waals surface area contributed by atoms with Gasteiger partial charge in [-0.15, -0.1) is 11.3 Å². The van der Waals surface area contributed by atoms with E-state index in [1.54, 1.807) is 36.5 Å². The number of carbonyl (C=O) groups excluding carboxylic acids is 1. The lowest BCUT2D eigenvalue weighted by atomic mass is 10.1. The fourth-order valence-electron chi connectivity index (χ4n) is 2.53. The summed E-state index contributed by atoms with van der Waals surface area (Å²) in [4.78, 5) is 21.8. The van der Waals surface area contributed by atoms with Gasteiger partial charge in [-0.3, -0.25) is 9.78 Å². The van der Waals surface area contributed by atoms with Crippen LogP contribution in [0.2, 0.25) is 10.0 Å². The van der Waals surface area contributed by atoms with Gasteiger partial charge in [0.1, 0.15) is 10.7 Å². The van der Waals surface area contributed by atoms with Crippen molar-refractivity contribution in [2.24, 2.45) is 0 Å². The predicted octanol–water partition coefficient (Wildman–Crippen LogP) is 5.92. The van der Waals surface area contributed by atoms with Crippen LogP contribution in [0.1, 0.15) is 10.4 Å². The Bertz CT molecular complexity index is 1070. The number of rotatable bonds is 3. The minimum Gasteiger partial charge on any atom is -0.319 e. The number of nitrogens with zero attached hydrogens (tertiary/aromatic N) is 2. The van der Waals surface area contributed by atoms with E-state index in [-0.39, 0.29) is 5.91 Å². The van der Waals surface area contributed by atoms with Crippen molar-refractivity contribution in [1.29, 1.82) is 0 Å². The van der Waals surface area contributed by atoms with Crippen LogP contribution < -0.4 is 5.32 Å². The van der Waals surface area contributed by atoms with Gasteiger partial charge in [0.15, 0.2) is 0 Å². The van der Waals surface area contributed by atoms with E-state index in [2.05, 4.69) is 15.3 Å². The molecule has 0 radical (unpaired) electrons. The number of anilines is 1. The topological polar surface area (TPSA) is 54.9 Å². The summed E-state index contributed by atoms with van der Waals surface area (Å²) >= 11 is 13.8. The van der Waals surface area contributed by atoms with Crippen LogP contribution in [0.15, 0.2) is 60.8 Å². The number of para-hydroxylation sites is 2. The monoisotopic (exact) mass is 399 g/mol. The highest BCUT2D eigenvalue weighted by Gasteiger charge is 2.19. The standard InChI is InChI=1S/C19H11Cl2N3OS/c20-12-6-3-7-13(21)17(12)24-18(25)11-5-4-10-22-16(11)19-23-14-8-1-2-9-15(14)26-19/h1-10H,(H,24,25). The fourth-order valence-corrected chi connectivity index (χ4v) is 4.00. The third-order valence-electron chi connectivity index (χ3n) is 3.75. The first-order valence-electron chi connectivity index (χ1n) is 7.70. The molecule has 128 valence electrons. The quantitative estimate of drug-likeness (QED) is 0.465. The maximum atomic E-state index is 12.8. The molecule has 0 atom stereocenters. The molecule has 1 amide bonds. The number of aromatic nitrogens is 2. The molecule has 0 unspecified atom stereocenters. The van der Waals surface area contributed by atoms with Crippen LogP contribution in [0.3, 0.4) is 0 Å². The number of amides is 1. The summed E-state index contributed by atoms with van der Waals surface area (Å²) < 4.78 is 1.04. The Morgan fingerprint density at radius 3 is 2.50 bits per heavy atom. The van der Waals surface area contributed by atoms with Crippen LogP contribution in [0.25, 0.3) is 20.9 Å². The maximum absolute atomic E-state index is 12.8. The van der Waals surface area contributed by atoms with E-state index in [9.17, 15) is 4.79 Å². The number of fused-ring (bicyclic) bond motifs is 1. The van der Waals surface area contributed by atoms with Gasteiger partial charge in [-0.05, 0) is 36.4 Å². The molecule has 2 heterocycles. The highest BCUT2D eigenvalue weighted by atomic mass is 35.5. The van der Waals surface area contributed by atoms with Gasteiger partial charge in [0.05, 0.1) is 31.5 Å². The number of nitrogens with one attached hydrogen (secondary N) is 1. The van der Waals surface area contributed by atoms with Crippen molar-refractivity contribution in [3.63, 3.8) is 0 Å². The Labute approximate surface area is 163 Å². The van der Waals surface area contributed by atoms with E-state index in [4.69, 9.17) is 23.2 Å². The molecule has 4 rings (SSSR count). The zero-order chi connectivity index (χ0) is 18.1.